The van der Waals surface area contributed by atoms with Gasteiger partial charge in [-0.25, -0.2) is 14.8 Å². The van der Waals surface area contributed by atoms with Crippen molar-refractivity contribution in [3.63, 3.8) is 0 Å². The smallest absolute Gasteiger partial charge is 0.358 e. The predicted octanol–water partition coefficient (Wildman–Crippen LogP) is 2.39. The van der Waals surface area contributed by atoms with Gasteiger partial charge in [0.1, 0.15) is 0 Å². The second-order valence-corrected chi connectivity index (χ2v) is 4.47. The molecule has 1 aromatic heterocycles. The minimum absolute atomic E-state index is 0.109. The number of carbonyl (C=O) groups excluding carboxylic acids is 1. The van der Waals surface area contributed by atoms with Crippen LogP contribution >= 0.6 is 11.6 Å². The minimum Gasteiger partial charge on any atom is -0.476 e. The second kappa shape index (κ2) is 5.66. The Hall–Kier alpha value is -2.47. The van der Waals surface area contributed by atoms with E-state index in [1.54, 1.807) is 19.1 Å². The van der Waals surface area contributed by atoms with Crippen LogP contribution in [0.5, 0.6) is 0 Å². The lowest BCUT2D eigenvalue weighted by Gasteiger charge is -2.07. The zero-order valence-corrected chi connectivity index (χ0v) is 11.2. The van der Waals surface area contributed by atoms with Gasteiger partial charge in [-0.05, 0) is 30.7 Å². The molecule has 0 fully saturated rings. The third-order valence-electron chi connectivity index (χ3n) is 2.44. The fourth-order valence-electron chi connectivity index (χ4n) is 1.63. The molecule has 0 saturated carbocycles. The van der Waals surface area contributed by atoms with Gasteiger partial charge in [0, 0.05) is 23.0 Å². The molecule has 20 heavy (non-hydrogen) atoms. The minimum atomic E-state index is -1.27. The number of halogens is 1. The Morgan fingerprint density at radius 2 is 1.90 bits per heavy atom. The number of aryl methyl sites for hydroxylation is 1. The molecule has 1 amide bonds. The predicted molar refractivity (Wildman–Crippen MR) is 73.1 cm³/mol. The maximum absolute atomic E-state index is 12.1. The van der Waals surface area contributed by atoms with Crippen LogP contribution in [0.2, 0.25) is 5.02 Å². The van der Waals surface area contributed by atoms with Crippen LogP contribution < -0.4 is 5.32 Å². The van der Waals surface area contributed by atoms with Crippen LogP contribution in [0.3, 0.4) is 0 Å². The molecule has 0 unspecified atom stereocenters. The molecule has 2 rings (SSSR count). The molecular formula is C13H10ClN3O3. The number of aromatic carboxylic acids is 1. The van der Waals surface area contributed by atoms with Gasteiger partial charge in [-0.3, -0.25) is 4.79 Å². The molecule has 6 nitrogen and oxygen atoms in total. The number of nitrogens with one attached hydrogen (secondary N) is 1. The van der Waals surface area contributed by atoms with E-state index in [0.29, 0.717) is 10.6 Å². The molecule has 2 N–H and O–H groups in total. The Kier molecular flexibility index (Phi) is 3.95. The van der Waals surface area contributed by atoms with Gasteiger partial charge in [-0.2, -0.15) is 0 Å². The van der Waals surface area contributed by atoms with Gasteiger partial charge in [0.25, 0.3) is 5.91 Å². The van der Waals surface area contributed by atoms with Gasteiger partial charge in [0.05, 0.1) is 0 Å². The van der Waals surface area contributed by atoms with Crippen molar-refractivity contribution in [3.05, 3.63) is 52.4 Å². The van der Waals surface area contributed by atoms with Crippen molar-refractivity contribution in [3.8, 4) is 0 Å². The molecule has 1 heterocycles. The second-order valence-electron chi connectivity index (χ2n) is 4.03. The van der Waals surface area contributed by atoms with Crippen LogP contribution in [0.15, 0.2) is 30.6 Å². The SMILES string of the molecule is Cc1cc(Cl)cc(C(=O)Nc2nccnc2C(=O)O)c1. The summed E-state index contributed by atoms with van der Waals surface area (Å²) in [5, 5.41) is 11.8. The Morgan fingerprint density at radius 3 is 2.55 bits per heavy atom. The topological polar surface area (TPSA) is 92.2 Å². The Labute approximate surface area is 119 Å². The molecule has 0 saturated heterocycles. The van der Waals surface area contributed by atoms with Crippen molar-refractivity contribution < 1.29 is 14.7 Å². The van der Waals surface area contributed by atoms with Crippen molar-refractivity contribution in [1.29, 1.82) is 0 Å². The number of carbonyl (C=O) groups is 2. The molecule has 102 valence electrons. The van der Waals surface area contributed by atoms with E-state index in [2.05, 4.69) is 15.3 Å². The Morgan fingerprint density at radius 1 is 1.20 bits per heavy atom. The average Bonchev–Trinajstić information content (AvgIpc) is 2.37. The highest BCUT2D eigenvalue weighted by molar-refractivity contribution is 6.31. The molecule has 0 aliphatic carbocycles. The maximum atomic E-state index is 12.1. The third-order valence-corrected chi connectivity index (χ3v) is 2.66. The highest BCUT2D eigenvalue weighted by Gasteiger charge is 2.16. The first kappa shape index (κ1) is 14.0. The number of amides is 1. The van der Waals surface area contributed by atoms with Gasteiger partial charge in [-0.15, -0.1) is 0 Å². The summed E-state index contributed by atoms with van der Waals surface area (Å²) in [5.41, 5.74) is 0.817. The summed E-state index contributed by atoms with van der Waals surface area (Å²) in [4.78, 5) is 30.5. The lowest BCUT2D eigenvalue weighted by atomic mass is 10.1. The number of carboxylic acids is 1. The van der Waals surface area contributed by atoms with Crippen LogP contribution in [0.4, 0.5) is 5.82 Å². The summed E-state index contributed by atoms with van der Waals surface area (Å²) in [5.74, 6) is -1.88. The summed E-state index contributed by atoms with van der Waals surface area (Å²) in [6.07, 6.45) is 2.54. The molecule has 0 atom stereocenters. The summed E-state index contributed by atoms with van der Waals surface area (Å²) >= 11 is 5.88. The number of nitrogens with zero attached hydrogens (tertiary/aromatic N) is 2. The van der Waals surface area contributed by atoms with Gasteiger partial charge in [-0.1, -0.05) is 11.6 Å². The number of benzene rings is 1. The Balaban J connectivity index is 2.30. The summed E-state index contributed by atoms with van der Waals surface area (Å²) in [6.45, 7) is 1.80. The van der Waals surface area contributed by atoms with Crippen LogP contribution in [0.1, 0.15) is 26.4 Å². The number of aromatic nitrogens is 2. The van der Waals surface area contributed by atoms with E-state index >= 15 is 0 Å². The van der Waals surface area contributed by atoms with Crippen molar-refractivity contribution in [2.75, 3.05) is 5.32 Å². The van der Waals surface area contributed by atoms with Gasteiger partial charge in [0.15, 0.2) is 11.5 Å². The van der Waals surface area contributed by atoms with E-state index in [9.17, 15) is 9.59 Å². The van der Waals surface area contributed by atoms with Crippen molar-refractivity contribution in [2.24, 2.45) is 0 Å². The molecule has 1 aromatic carbocycles. The van der Waals surface area contributed by atoms with Gasteiger partial charge >= 0.3 is 5.97 Å². The number of carboxylic acid groups (broad SMARTS) is 1. The maximum Gasteiger partial charge on any atom is 0.358 e. The van der Waals surface area contributed by atoms with Crippen molar-refractivity contribution in [1.82, 2.24) is 9.97 Å². The standard InChI is InChI=1S/C13H10ClN3O3/c1-7-4-8(6-9(14)5-7)12(18)17-11-10(13(19)20)15-2-3-16-11/h2-6H,1H3,(H,19,20)(H,16,17,18). The van der Waals surface area contributed by atoms with Gasteiger partial charge in [0.2, 0.25) is 0 Å². The van der Waals surface area contributed by atoms with E-state index in [-0.39, 0.29) is 11.5 Å². The lowest BCUT2D eigenvalue weighted by Crippen LogP contribution is -2.17. The highest BCUT2D eigenvalue weighted by atomic mass is 35.5. The fraction of sp³-hybridized carbons (Fsp3) is 0.0769. The first-order chi connectivity index (χ1) is 9.47. The van der Waals surface area contributed by atoms with E-state index in [1.807, 2.05) is 0 Å². The van der Waals surface area contributed by atoms with Crippen molar-refractivity contribution in [2.45, 2.75) is 6.92 Å². The molecule has 7 heteroatoms. The molecule has 0 radical (unpaired) electrons. The third kappa shape index (κ3) is 3.10. The molecule has 0 aliphatic rings. The van der Waals surface area contributed by atoms with Crippen LogP contribution in [0.25, 0.3) is 0 Å². The van der Waals surface area contributed by atoms with Gasteiger partial charge < -0.3 is 10.4 Å². The van der Waals surface area contributed by atoms with E-state index in [1.165, 1.54) is 18.5 Å². The lowest BCUT2D eigenvalue weighted by molar-refractivity contribution is 0.0691. The largest absolute Gasteiger partial charge is 0.476 e. The molecule has 0 bridgehead atoms. The Bertz CT molecular complexity index is 668. The summed E-state index contributed by atoms with van der Waals surface area (Å²) in [6, 6.07) is 4.84. The highest BCUT2D eigenvalue weighted by Crippen LogP contribution is 2.16. The number of hydrogen-bond donors (Lipinski definition) is 2. The average molecular weight is 292 g/mol. The monoisotopic (exact) mass is 291 g/mol. The van der Waals surface area contributed by atoms with E-state index in [4.69, 9.17) is 16.7 Å². The quantitative estimate of drug-likeness (QED) is 0.906. The first-order valence-corrected chi connectivity index (χ1v) is 5.98. The molecule has 0 spiro atoms. The summed E-state index contributed by atoms with van der Waals surface area (Å²) < 4.78 is 0. The van der Waals surface area contributed by atoms with Crippen LogP contribution in [-0.4, -0.2) is 27.0 Å². The van der Waals surface area contributed by atoms with Crippen molar-refractivity contribution >= 4 is 29.3 Å². The summed E-state index contributed by atoms with van der Waals surface area (Å²) in [7, 11) is 0. The van der Waals surface area contributed by atoms with E-state index in [0.717, 1.165) is 5.56 Å². The first-order valence-electron chi connectivity index (χ1n) is 5.60. The van der Waals surface area contributed by atoms with Crippen LogP contribution in [0, 0.1) is 6.92 Å². The van der Waals surface area contributed by atoms with E-state index < -0.39 is 11.9 Å². The zero-order chi connectivity index (χ0) is 14.7. The molecule has 2 aromatic rings. The zero-order valence-electron chi connectivity index (χ0n) is 10.4. The van der Waals surface area contributed by atoms with Crippen LogP contribution in [-0.2, 0) is 0 Å². The number of rotatable bonds is 3. The number of hydrogen-bond acceptors (Lipinski definition) is 4. The normalized spacial score (nSPS) is 10.1. The molecule has 0 aliphatic heterocycles. The molecular weight excluding hydrogens is 282 g/mol. The fourth-order valence-corrected chi connectivity index (χ4v) is 1.92. The number of anilines is 1.